The predicted octanol–water partition coefficient (Wildman–Crippen LogP) is 4.47. The molecule has 0 spiro atoms. The fourth-order valence-electron chi connectivity index (χ4n) is 4.93. The highest BCUT2D eigenvalue weighted by Gasteiger charge is 2.37. The summed E-state index contributed by atoms with van der Waals surface area (Å²) in [4.78, 5) is 28.1. The number of ether oxygens (including phenoxy) is 1. The van der Waals surface area contributed by atoms with E-state index in [-0.39, 0.29) is 17.9 Å². The van der Waals surface area contributed by atoms with Gasteiger partial charge in [0.15, 0.2) is 0 Å². The van der Waals surface area contributed by atoms with E-state index >= 15 is 0 Å². The Morgan fingerprint density at radius 2 is 1.91 bits per heavy atom. The van der Waals surface area contributed by atoms with Crippen LogP contribution in [0.1, 0.15) is 29.4 Å². The molecule has 3 atom stereocenters. The van der Waals surface area contributed by atoms with Gasteiger partial charge in [-0.05, 0) is 42.2 Å². The summed E-state index contributed by atoms with van der Waals surface area (Å²) in [5.41, 5.74) is 2.79. The zero-order chi connectivity index (χ0) is 23.7. The van der Waals surface area contributed by atoms with Gasteiger partial charge in [0.25, 0.3) is 0 Å². The zero-order valence-corrected chi connectivity index (χ0v) is 19.7. The number of rotatable bonds is 6. The molecule has 174 valence electrons. The molecule has 6 nitrogen and oxygen atoms in total. The van der Waals surface area contributed by atoms with Gasteiger partial charge in [0, 0.05) is 47.0 Å². The lowest BCUT2D eigenvalue weighted by Gasteiger charge is -2.37. The second-order valence-corrected chi connectivity index (χ2v) is 10.2. The second kappa shape index (κ2) is 9.43. The van der Waals surface area contributed by atoms with E-state index in [0.29, 0.717) is 18.7 Å². The lowest BCUT2D eigenvalue weighted by atomic mass is 9.85. The Kier molecular flexibility index (Phi) is 6.20. The van der Waals surface area contributed by atoms with Gasteiger partial charge in [-0.15, -0.1) is 0 Å². The molecule has 0 fully saturated rings. The van der Waals surface area contributed by atoms with Gasteiger partial charge in [0.1, 0.15) is 0 Å². The fourth-order valence-corrected chi connectivity index (χ4v) is 6.00. The molecule has 2 aromatic carbocycles. The van der Waals surface area contributed by atoms with Gasteiger partial charge in [-0.1, -0.05) is 42.5 Å². The third kappa shape index (κ3) is 4.23. The van der Waals surface area contributed by atoms with E-state index in [0.717, 1.165) is 33.5 Å². The van der Waals surface area contributed by atoms with Crippen LogP contribution in [-0.4, -0.2) is 45.0 Å². The third-order valence-electron chi connectivity index (χ3n) is 6.60. The number of carbonyl (C=O) groups is 2. The Morgan fingerprint density at radius 1 is 1.15 bits per heavy atom. The highest BCUT2D eigenvalue weighted by atomic mass is 32.2. The molecule has 34 heavy (non-hydrogen) atoms. The zero-order valence-electron chi connectivity index (χ0n) is 18.9. The van der Waals surface area contributed by atoms with Crippen molar-refractivity contribution >= 4 is 33.6 Å². The van der Waals surface area contributed by atoms with Crippen molar-refractivity contribution < 1.29 is 18.5 Å². The Balaban J connectivity index is 1.52. The average molecular weight is 475 g/mol. The number of benzene rings is 2. The molecule has 0 saturated heterocycles. The van der Waals surface area contributed by atoms with E-state index < -0.39 is 16.8 Å². The minimum atomic E-state index is -1.14. The van der Waals surface area contributed by atoms with Crippen LogP contribution in [0.25, 0.3) is 10.9 Å². The van der Waals surface area contributed by atoms with E-state index in [1.165, 1.54) is 13.2 Å². The van der Waals surface area contributed by atoms with Crippen LogP contribution in [0.4, 0.5) is 0 Å². The maximum Gasteiger partial charge on any atom is 0.330 e. The number of hydrogen-bond donors (Lipinski definition) is 0. The maximum absolute atomic E-state index is 13.4. The van der Waals surface area contributed by atoms with Crippen molar-refractivity contribution in [2.75, 3.05) is 19.4 Å². The SMILES string of the molecule is COC(=O)/C=C/C1=CN(CCS(=O)c2ccccc2)[C@H]2C[C@@H]1CC(=O)n1c2cc2ccccc21. The molecule has 2 aliphatic rings. The largest absolute Gasteiger partial charge is 0.466 e. The summed E-state index contributed by atoms with van der Waals surface area (Å²) in [6.45, 7) is 0.560. The number of para-hydroxylation sites is 1. The van der Waals surface area contributed by atoms with Crippen molar-refractivity contribution in [2.45, 2.75) is 23.8 Å². The summed E-state index contributed by atoms with van der Waals surface area (Å²) >= 11 is 0. The van der Waals surface area contributed by atoms with Crippen LogP contribution in [0.3, 0.4) is 0 Å². The molecule has 2 bridgehead atoms. The Morgan fingerprint density at radius 3 is 2.71 bits per heavy atom. The summed E-state index contributed by atoms with van der Waals surface area (Å²) in [5, 5.41) is 1.04. The van der Waals surface area contributed by atoms with Gasteiger partial charge < -0.3 is 9.64 Å². The fraction of sp³-hybridized carbons (Fsp3) is 0.259. The Bertz CT molecular complexity index is 1320. The smallest absolute Gasteiger partial charge is 0.330 e. The molecular weight excluding hydrogens is 448 g/mol. The van der Waals surface area contributed by atoms with E-state index in [2.05, 4.69) is 11.0 Å². The van der Waals surface area contributed by atoms with Crippen molar-refractivity contribution in [3.8, 4) is 0 Å². The van der Waals surface area contributed by atoms with Crippen molar-refractivity contribution in [1.29, 1.82) is 0 Å². The van der Waals surface area contributed by atoms with Crippen LogP contribution in [0.2, 0.25) is 0 Å². The van der Waals surface area contributed by atoms with Crippen LogP contribution in [0, 0.1) is 5.92 Å². The van der Waals surface area contributed by atoms with Gasteiger partial charge in [-0.2, -0.15) is 0 Å². The van der Waals surface area contributed by atoms with Gasteiger partial charge in [-0.3, -0.25) is 13.6 Å². The van der Waals surface area contributed by atoms with Crippen LogP contribution in [0.15, 0.2) is 89.5 Å². The van der Waals surface area contributed by atoms with Crippen molar-refractivity contribution in [2.24, 2.45) is 5.92 Å². The summed E-state index contributed by atoms with van der Waals surface area (Å²) in [5.74, 6) is 0.0739. The standard InChI is InChI=1S/C27H26N2O4S/c1-33-27(31)12-11-20-18-28(13-14-34(32)22-8-3-2-4-9-22)24-16-21(20)17-26(30)29-23-10-6-5-7-19(23)15-25(24)29/h2-12,15,18,21,24H,13-14,16-17H2,1H3/b12-11+/t21-,24+,34?/m1/s1. The lowest BCUT2D eigenvalue weighted by molar-refractivity contribution is -0.134. The number of esters is 1. The summed E-state index contributed by atoms with van der Waals surface area (Å²) in [6, 6.07) is 19.5. The summed E-state index contributed by atoms with van der Waals surface area (Å²) < 4.78 is 19.5. The molecule has 0 amide bonds. The number of aromatic nitrogens is 1. The first kappa shape index (κ1) is 22.3. The first-order valence-corrected chi connectivity index (χ1v) is 12.7. The Labute approximate surface area is 201 Å². The molecule has 7 heteroatoms. The van der Waals surface area contributed by atoms with E-state index in [1.807, 2.05) is 65.4 Å². The highest BCUT2D eigenvalue weighted by molar-refractivity contribution is 7.85. The van der Waals surface area contributed by atoms with Gasteiger partial charge in [0.2, 0.25) is 5.91 Å². The number of nitrogens with zero attached hydrogens (tertiary/aromatic N) is 2. The van der Waals surface area contributed by atoms with Gasteiger partial charge in [-0.25, -0.2) is 4.79 Å². The summed E-state index contributed by atoms with van der Waals surface area (Å²) in [6.07, 6.45) is 6.29. The normalized spacial score (nSPS) is 20.7. The molecule has 3 aromatic rings. The minimum absolute atomic E-state index is 0.00654. The predicted molar refractivity (Wildman–Crippen MR) is 132 cm³/mol. The first-order valence-electron chi connectivity index (χ1n) is 11.4. The number of carbonyl (C=O) groups excluding carboxylic acids is 2. The number of methoxy groups -OCH3 is 1. The van der Waals surface area contributed by atoms with E-state index in [4.69, 9.17) is 4.74 Å². The molecule has 5 rings (SSSR count). The van der Waals surface area contributed by atoms with Crippen molar-refractivity contribution in [3.63, 3.8) is 0 Å². The molecule has 0 aliphatic carbocycles. The number of fused-ring (bicyclic) bond motifs is 6. The number of hydrogen-bond acceptors (Lipinski definition) is 5. The van der Waals surface area contributed by atoms with Gasteiger partial charge in [0.05, 0.1) is 29.5 Å². The van der Waals surface area contributed by atoms with E-state index in [9.17, 15) is 13.8 Å². The van der Waals surface area contributed by atoms with Crippen molar-refractivity contribution in [3.05, 3.63) is 90.3 Å². The molecule has 0 N–H and O–H groups in total. The van der Waals surface area contributed by atoms with E-state index in [1.54, 1.807) is 6.08 Å². The molecule has 1 aromatic heterocycles. The van der Waals surface area contributed by atoms with Crippen molar-refractivity contribution in [1.82, 2.24) is 9.47 Å². The van der Waals surface area contributed by atoms with Crippen LogP contribution in [-0.2, 0) is 20.3 Å². The minimum Gasteiger partial charge on any atom is -0.466 e. The highest BCUT2D eigenvalue weighted by Crippen LogP contribution is 2.43. The van der Waals surface area contributed by atoms with Crippen LogP contribution < -0.4 is 0 Å². The summed E-state index contributed by atoms with van der Waals surface area (Å²) in [7, 11) is 0.207. The molecule has 0 saturated carbocycles. The Hall–Kier alpha value is -3.45. The topological polar surface area (TPSA) is 68.6 Å². The molecular formula is C27H26N2O4S. The van der Waals surface area contributed by atoms with Crippen LogP contribution >= 0.6 is 0 Å². The molecule has 1 unspecified atom stereocenters. The first-order chi connectivity index (χ1) is 16.5. The average Bonchev–Trinajstić information content (AvgIpc) is 3.21. The second-order valence-electron chi connectivity index (χ2n) is 8.60. The molecule has 3 heterocycles. The van der Waals surface area contributed by atoms with Crippen LogP contribution in [0.5, 0.6) is 0 Å². The monoisotopic (exact) mass is 474 g/mol. The maximum atomic E-state index is 13.4. The molecule has 2 aliphatic heterocycles. The third-order valence-corrected chi connectivity index (χ3v) is 7.95. The lowest BCUT2D eigenvalue weighted by Crippen LogP contribution is -2.33. The quantitative estimate of drug-likeness (QED) is 0.390. The molecule has 0 radical (unpaired) electrons. The van der Waals surface area contributed by atoms with Gasteiger partial charge >= 0.3 is 5.97 Å². The number of allylic oxidation sites excluding steroid dienone is 2.